The van der Waals surface area contributed by atoms with Gasteiger partial charge in [0, 0.05) is 27.6 Å². The maximum Gasteiger partial charge on any atom is 0.262 e. The number of thioether (sulfide) groups is 1. The molecule has 0 aliphatic carbocycles. The quantitative estimate of drug-likeness (QED) is 0.284. The zero-order chi connectivity index (χ0) is 24.0. The Morgan fingerprint density at radius 2 is 1.44 bits per heavy atom. The van der Waals surface area contributed by atoms with E-state index in [0.717, 1.165) is 11.3 Å². The Balaban J connectivity index is 1.44. The molecule has 0 bridgehead atoms. The minimum absolute atomic E-state index is 0.0669. The average Bonchev–Trinajstić information content (AvgIpc) is 2.85. The lowest BCUT2D eigenvalue weighted by molar-refractivity contribution is 0.102. The standard InChI is InChI=1S/C27H24N2O3S2/c1-20-12-15-22(18-26(20)34(31,32)29-24-8-4-2-5-9-24)27(30)28-23-16-13-21(14-17-23)19-33-25-10-6-3-7-11-25/h2-18,29H,19H2,1H3,(H,28,30). The Morgan fingerprint density at radius 1 is 0.794 bits per heavy atom. The van der Waals surface area contributed by atoms with Crippen LogP contribution in [0.25, 0.3) is 0 Å². The first-order chi connectivity index (χ1) is 16.4. The topological polar surface area (TPSA) is 75.3 Å². The average molecular weight is 489 g/mol. The van der Waals surface area contributed by atoms with E-state index in [-0.39, 0.29) is 16.4 Å². The highest BCUT2D eigenvalue weighted by molar-refractivity contribution is 7.98. The monoisotopic (exact) mass is 488 g/mol. The van der Waals surface area contributed by atoms with Crippen LogP contribution in [0.2, 0.25) is 0 Å². The summed E-state index contributed by atoms with van der Waals surface area (Å²) in [6, 6.07) is 31.1. The van der Waals surface area contributed by atoms with Crippen molar-refractivity contribution < 1.29 is 13.2 Å². The summed E-state index contributed by atoms with van der Waals surface area (Å²) in [4.78, 5) is 14.1. The number of rotatable bonds is 8. The minimum atomic E-state index is -3.84. The molecule has 0 heterocycles. The second kappa shape index (κ2) is 10.6. The number of carbonyl (C=O) groups excluding carboxylic acids is 1. The fourth-order valence-electron chi connectivity index (χ4n) is 3.32. The van der Waals surface area contributed by atoms with E-state index in [1.165, 1.54) is 11.0 Å². The normalized spacial score (nSPS) is 11.1. The van der Waals surface area contributed by atoms with Crippen molar-refractivity contribution in [3.63, 3.8) is 0 Å². The Labute approximate surface area is 204 Å². The van der Waals surface area contributed by atoms with Crippen LogP contribution in [0.4, 0.5) is 11.4 Å². The third-order valence-electron chi connectivity index (χ3n) is 5.13. The predicted octanol–water partition coefficient (Wildman–Crippen LogP) is 6.34. The summed E-state index contributed by atoms with van der Waals surface area (Å²) < 4.78 is 28.4. The van der Waals surface area contributed by atoms with Crippen LogP contribution < -0.4 is 10.0 Å². The summed E-state index contributed by atoms with van der Waals surface area (Å²) in [5, 5.41) is 2.85. The van der Waals surface area contributed by atoms with Crippen molar-refractivity contribution in [3.05, 3.63) is 120 Å². The van der Waals surface area contributed by atoms with Gasteiger partial charge in [0.15, 0.2) is 0 Å². The SMILES string of the molecule is Cc1ccc(C(=O)Nc2ccc(CSc3ccccc3)cc2)cc1S(=O)(=O)Nc1ccccc1. The van der Waals surface area contributed by atoms with Crippen LogP contribution in [0.3, 0.4) is 0 Å². The van der Waals surface area contributed by atoms with E-state index in [0.29, 0.717) is 16.9 Å². The van der Waals surface area contributed by atoms with E-state index in [1.54, 1.807) is 55.1 Å². The molecule has 5 nitrogen and oxygen atoms in total. The highest BCUT2D eigenvalue weighted by Crippen LogP contribution is 2.24. The van der Waals surface area contributed by atoms with Crippen molar-refractivity contribution >= 4 is 39.1 Å². The lowest BCUT2D eigenvalue weighted by atomic mass is 10.1. The van der Waals surface area contributed by atoms with Gasteiger partial charge in [-0.1, -0.05) is 54.6 Å². The molecule has 4 aromatic rings. The summed E-state index contributed by atoms with van der Waals surface area (Å²) in [5.41, 5.74) is 3.07. The number of hydrogen-bond donors (Lipinski definition) is 2. The number of amides is 1. The number of anilines is 2. The van der Waals surface area contributed by atoms with Gasteiger partial charge in [0.1, 0.15) is 0 Å². The van der Waals surface area contributed by atoms with Gasteiger partial charge in [-0.25, -0.2) is 8.42 Å². The molecular formula is C27H24N2O3S2. The van der Waals surface area contributed by atoms with Crippen LogP contribution in [0.5, 0.6) is 0 Å². The van der Waals surface area contributed by atoms with Gasteiger partial charge >= 0.3 is 0 Å². The Bertz CT molecular complexity index is 1370. The number of nitrogens with one attached hydrogen (secondary N) is 2. The molecule has 0 fully saturated rings. The van der Waals surface area contributed by atoms with Crippen LogP contribution in [-0.2, 0) is 15.8 Å². The van der Waals surface area contributed by atoms with Gasteiger partial charge < -0.3 is 5.32 Å². The van der Waals surface area contributed by atoms with Crippen molar-refractivity contribution in [3.8, 4) is 0 Å². The third kappa shape index (κ3) is 6.07. The summed E-state index contributed by atoms with van der Waals surface area (Å²) >= 11 is 1.75. The van der Waals surface area contributed by atoms with Crippen molar-refractivity contribution in [1.29, 1.82) is 0 Å². The van der Waals surface area contributed by atoms with Gasteiger partial charge in [0.05, 0.1) is 4.90 Å². The second-order valence-electron chi connectivity index (χ2n) is 7.70. The van der Waals surface area contributed by atoms with Crippen molar-refractivity contribution in [2.45, 2.75) is 22.5 Å². The molecule has 0 saturated heterocycles. The number of hydrogen-bond acceptors (Lipinski definition) is 4. The van der Waals surface area contributed by atoms with Crippen LogP contribution in [0, 0.1) is 6.92 Å². The Morgan fingerprint density at radius 3 is 2.12 bits per heavy atom. The lowest BCUT2D eigenvalue weighted by Crippen LogP contribution is -2.17. The largest absolute Gasteiger partial charge is 0.322 e. The number of carbonyl (C=O) groups is 1. The minimum Gasteiger partial charge on any atom is -0.322 e. The molecule has 0 unspecified atom stereocenters. The van der Waals surface area contributed by atoms with Gasteiger partial charge in [0.2, 0.25) is 0 Å². The molecule has 34 heavy (non-hydrogen) atoms. The second-order valence-corrected chi connectivity index (χ2v) is 10.4. The van der Waals surface area contributed by atoms with Crippen LogP contribution in [0.1, 0.15) is 21.5 Å². The summed E-state index contributed by atoms with van der Waals surface area (Å²) in [5.74, 6) is 0.453. The number of aryl methyl sites for hydroxylation is 1. The molecule has 0 radical (unpaired) electrons. The molecule has 0 aromatic heterocycles. The first kappa shape index (κ1) is 23.6. The summed E-state index contributed by atoms with van der Waals surface area (Å²) in [7, 11) is -3.84. The van der Waals surface area contributed by atoms with E-state index in [4.69, 9.17) is 0 Å². The Kier molecular flexibility index (Phi) is 7.35. The van der Waals surface area contributed by atoms with Gasteiger partial charge in [-0.15, -0.1) is 11.8 Å². The predicted molar refractivity (Wildman–Crippen MR) is 139 cm³/mol. The molecule has 172 valence electrons. The van der Waals surface area contributed by atoms with Crippen LogP contribution >= 0.6 is 11.8 Å². The fraction of sp³-hybridized carbons (Fsp3) is 0.0741. The van der Waals surface area contributed by atoms with E-state index in [1.807, 2.05) is 48.5 Å². The molecule has 1 amide bonds. The fourth-order valence-corrected chi connectivity index (χ4v) is 5.52. The van der Waals surface area contributed by atoms with Crippen LogP contribution in [0.15, 0.2) is 113 Å². The molecule has 7 heteroatoms. The molecule has 0 saturated carbocycles. The molecule has 0 aliphatic rings. The smallest absolute Gasteiger partial charge is 0.262 e. The summed E-state index contributed by atoms with van der Waals surface area (Å²) in [6.45, 7) is 1.70. The molecular weight excluding hydrogens is 464 g/mol. The molecule has 2 N–H and O–H groups in total. The first-order valence-corrected chi connectivity index (χ1v) is 13.1. The van der Waals surface area contributed by atoms with Gasteiger partial charge in [0.25, 0.3) is 15.9 Å². The number of sulfonamides is 1. The third-order valence-corrected chi connectivity index (χ3v) is 7.73. The molecule has 0 aliphatic heterocycles. The van der Waals surface area contributed by atoms with E-state index in [2.05, 4.69) is 22.2 Å². The highest BCUT2D eigenvalue weighted by Gasteiger charge is 2.19. The van der Waals surface area contributed by atoms with E-state index >= 15 is 0 Å². The highest BCUT2D eigenvalue weighted by atomic mass is 32.2. The molecule has 4 rings (SSSR count). The van der Waals surface area contributed by atoms with E-state index < -0.39 is 10.0 Å². The van der Waals surface area contributed by atoms with Gasteiger partial charge in [-0.3, -0.25) is 9.52 Å². The molecule has 4 aromatic carbocycles. The number of para-hydroxylation sites is 1. The first-order valence-electron chi connectivity index (χ1n) is 10.7. The number of benzene rings is 4. The maximum absolute atomic E-state index is 12.9. The zero-order valence-corrected chi connectivity index (χ0v) is 20.2. The zero-order valence-electron chi connectivity index (χ0n) is 18.6. The lowest BCUT2D eigenvalue weighted by Gasteiger charge is -2.12. The van der Waals surface area contributed by atoms with Gasteiger partial charge in [-0.2, -0.15) is 0 Å². The van der Waals surface area contributed by atoms with E-state index in [9.17, 15) is 13.2 Å². The van der Waals surface area contributed by atoms with Crippen LogP contribution in [-0.4, -0.2) is 14.3 Å². The Hall–Kier alpha value is -3.55. The van der Waals surface area contributed by atoms with Crippen molar-refractivity contribution in [2.75, 3.05) is 10.0 Å². The molecule has 0 atom stereocenters. The van der Waals surface area contributed by atoms with Crippen molar-refractivity contribution in [1.82, 2.24) is 0 Å². The summed E-state index contributed by atoms with van der Waals surface area (Å²) in [6.07, 6.45) is 0. The van der Waals surface area contributed by atoms with Gasteiger partial charge in [-0.05, 0) is 66.6 Å². The van der Waals surface area contributed by atoms with Crippen molar-refractivity contribution in [2.24, 2.45) is 0 Å². The molecule has 0 spiro atoms. The maximum atomic E-state index is 12.9.